The molecule has 0 aliphatic carbocycles. The largest absolute Gasteiger partial charge is 0.376 e. The monoisotopic (exact) mass is 494 g/mol. The Morgan fingerprint density at radius 2 is 1.94 bits per heavy atom. The first-order chi connectivity index (χ1) is 15.8. The first kappa shape index (κ1) is 24.1. The summed E-state index contributed by atoms with van der Waals surface area (Å²) in [5.74, 6) is 0.591. The standard InChI is InChI=1S/C21H30N6O4S2/c1-15-10-16(2)12-26(11-15)33(29,30)19-7-5-17(6-8-19)22-20(28)14-32-21-23-24-25-27(21)13-18-4-3-9-31-18/h5-8,15-16,18H,3-4,9-14H2,1-2H3,(H,22,28)/t15-,16-,18+/m1/s1. The number of nitrogens with zero attached hydrogens (tertiary/aromatic N) is 5. The highest BCUT2D eigenvalue weighted by Gasteiger charge is 2.31. The molecule has 3 atom stereocenters. The molecule has 2 aromatic rings. The molecular formula is C21H30N6O4S2. The molecule has 0 unspecified atom stereocenters. The molecule has 1 aromatic carbocycles. The molecule has 2 aliphatic heterocycles. The van der Waals surface area contributed by atoms with Gasteiger partial charge in [-0.2, -0.15) is 4.31 Å². The minimum Gasteiger partial charge on any atom is -0.376 e. The molecule has 33 heavy (non-hydrogen) atoms. The zero-order valence-electron chi connectivity index (χ0n) is 18.9. The Hall–Kier alpha value is -2.02. The van der Waals surface area contributed by atoms with Crippen molar-refractivity contribution in [3.05, 3.63) is 24.3 Å². The molecule has 2 saturated heterocycles. The van der Waals surface area contributed by atoms with Crippen LogP contribution < -0.4 is 5.32 Å². The second-order valence-electron chi connectivity index (χ2n) is 8.91. The van der Waals surface area contributed by atoms with Crippen LogP contribution >= 0.6 is 11.8 Å². The zero-order valence-corrected chi connectivity index (χ0v) is 20.5. The summed E-state index contributed by atoms with van der Waals surface area (Å²) >= 11 is 1.25. The van der Waals surface area contributed by atoms with Gasteiger partial charge in [0.1, 0.15) is 0 Å². The van der Waals surface area contributed by atoms with Crippen LogP contribution in [0.15, 0.2) is 34.3 Å². The number of hydrogen-bond acceptors (Lipinski definition) is 8. The molecule has 1 aromatic heterocycles. The highest BCUT2D eigenvalue weighted by molar-refractivity contribution is 7.99. The molecule has 12 heteroatoms. The van der Waals surface area contributed by atoms with E-state index in [9.17, 15) is 13.2 Å². The molecule has 0 radical (unpaired) electrons. The minimum absolute atomic E-state index is 0.104. The third-order valence-corrected chi connectivity index (χ3v) is 8.65. The fraction of sp³-hybridized carbons (Fsp3) is 0.619. The van der Waals surface area contributed by atoms with Crippen LogP contribution in [-0.4, -0.2) is 70.4 Å². The number of aromatic nitrogens is 4. The van der Waals surface area contributed by atoms with Gasteiger partial charge in [-0.15, -0.1) is 5.10 Å². The maximum Gasteiger partial charge on any atom is 0.243 e. The average molecular weight is 495 g/mol. The van der Waals surface area contributed by atoms with Crippen LogP contribution in [0.5, 0.6) is 0 Å². The van der Waals surface area contributed by atoms with E-state index in [0.29, 0.717) is 42.3 Å². The molecule has 0 bridgehead atoms. The van der Waals surface area contributed by atoms with E-state index < -0.39 is 10.0 Å². The van der Waals surface area contributed by atoms with E-state index in [4.69, 9.17) is 4.74 Å². The SMILES string of the molecule is C[C@@H]1C[C@@H](C)CN(S(=O)(=O)c2ccc(NC(=O)CSc3nnnn3C[C@@H]3CCCO3)cc2)C1. The van der Waals surface area contributed by atoms with Gasteiger partial charge in [0, 0.05) is 25.4 Å². The molecule has 1 amide bonds. The molecule has 180 valence electrons. The molecule has 0 spiro atoms. The zero-order chi connectivity index (χ0) is 23.4. The van der Waals surface area contributed by atoms with Gasteiger partial charge in [-0.05, 0) is 65.8 Å². The van der Waals surface area contributed by atoms with Crippen molar-refractivity contribution in [2.75, 3.05) is 30.8 Å². The Morgan fingerprint density at radius 3 is 2.61 bits per heavy atom. The van der Waals surface area contributed by atoms with Crippen molar-refractivity contribution in [3.63, 3.8) is 0 Å². The van der Waals surface area contributed by atoms with Gasteiger partial charge in [-0.3, -0.25) is 4.79 Å². The van der Waals surface area contributed by atoms with Gasteiger partial charge >= 0.3 is 0 Å². The summed E-state index contributed by atoms with van der Waals surface area (Å²) in [6, 6.07) is 6.33. The number of piperidine rings is 1. The number of anilines is 1. The minimum atomic E-state index is -3.55. The number of sulfonamides is 1. The summed E-state index contributed by atoms with van der Waals surface area (Å²) in [7, 11) is -3.55. The van der Waals surface area contributed by atoms with E-state index in [0.717, 1.165) is 25.9 Å². The second kappa shape index (κ2) is 10.5. The molecule has 1 N–H and O–H groups in total. The fourth-order valence-electron chi connectivity index (χ4n) is 4.38. The van der Waals surface area contributed by atoms with Crippen molar-refractivity contribution < 1.29 is 17.9 Å². The van der Waals surface area contributed by atoms with E-state index >= 15 is 0 Å². The first-order valence-electron chi connectivity index (χ1n) is 11.2. The number of amides is 1. The predicted molar refractivity (Wildman–Crippen MR) is 124 cm³/mol. The van der Waals surface area contributed by atoms with Crippen LogP contribution in [-0.2, 0) is 26.1 Å². The Labute approximate surface area is 198 Å². The molecule has 2 aliphatic rings. The summed E-state index contributed by atoms with van der Waals surface area (Å²) in [6.45, 7) is 6.56. The van der Waals surface area contributed by atoms with Gasteiger partial charge in [0.2, 0.25) is 21.1 Å². The predicted octanol–water partition coefficient (Wildman–Crippen LogP) is 2.25. The van der Waals surface area contributed by atoms with Crippen molar-refractivity contribution in [3.8, 4) is 0 Å². The third-order valence-electron chi connectivity index (χ3n) is 5.84. The number of benzene rings is 1. The number of carbonyl (C=O) groups excluding carboxylic acids is 1. The van der Waals surface area contributed by atoms with E-state index in [1.54, 1.807) is 33.3 Å². The number of thioether (sulfide) groups is 1. The second-order valence-corrected chi connectivity index (χ2v) is 11.8. The van der Waals surface area contributed by atoms with E-state index in [1.807, 2.05) is 0 Å². The van der Waals surface area contributed by atoms with Gasteiger partial charge in [-0.25, -0.2) is 13.1 Å². The van der Waals surface area contributed by atoms with E-state index in [1.165, 1.54) is 11.8 Å². The van der Waals surface area contributed by atoms with Crippen molar-refractivity contribution in [2.24, 2.45) is 11.8 Å². The first-order valence-corrected chi connectivity index (χ1v) is 13.6. The van der Waals surface area contributed by atoms with Gasteiger partial charge in [-0.1, -0.05) is 25.6 Å². The molecule has 3 heterocycles. The van der Waals surface area contributed by atoms with Crippen LogP contribution in [0.25, 0.3) is 0 Å². The van der Waals surface area contributed by atoms with Crippen LogP contribution in [0.4, 0.5) is 5.69 Å². The summed E-state index contributed by atoms with van der Waals surface area (Å²) < 4.78 is 34.9. The average Bonchev–Trinajstić information content (AvgIpc) is 3.44. The number of rotatable bonds is 8. The van der Waals surface area contributed by atoms with Crippen molar-refractivity contribution >= 4 is 33.4 Å². The number of hydrogen-bond donors (Lipinski definition) is 1. The lowest BCUT2D eigenvalue weighted by Crippen LogP contribution is -2.42. The lowest BCUT2D eigenvalue weighted by atomic mass is 9.94. The fourth-order valence-corrected chi connectivity index (χ4v) is 6.75. The van der Waals surface area contributed by atoms with Crippen molar-refractivity contribution in [1.82, 2.24) is 24.5 Å². The number of tetrazole rings is 1. The summed E-state index contributed by atoms with van der Waals surface area (Å²) in [4.78, 5) is 12.6. The Morgan fingerprint density at radius 1 is 1.21 bits per heavy atom. The molecule has 2 fully saturated rings. The summed E-state index contributed by atoms with van der Waals surface area (Å²) in [5, 5.41) is 15.0. The van der Waals surface area contributed by atoms with Gasteiger partial charge in [0.05, 0.1) is 23.3 Å². The molecule has 4 rings (SSSR count). The highest BCUT2D eigenvalue weighted by atomic mass is 32.2. The number of ether oxygens (including phenoxy) is 1. The Kier molecular flexibility index (Phi) is 7.67. The van der Waals surface area contributed by atoms with Gasteiger partial charge in [0.25, 0.3) is 0 Å². The normalized spacial score (nSPS) is 24.1. The lowest BCUT2D eigenvalue weighted by molar-refractivity contribution is -0.113. The van der Waals surface area contributed by atoms with Crippen molar-refractivity contribution in [1.29, 1.82) is 0 Å². The number of carbonyl (C=O) groups is 1. The quantitative estimate of drug-likeness (QED) is 0.555. The molecular weight excluding hydrogens is 464 g/mol. The van der Waals surface area contributed by atoms with Crippen molar-refractivity contribution in [2.45, 2.75) is 55.8 Å². The van der Waals surface area contributed by atoms with Crippen LogP contribution in [0.1, 0.15) is 33.1 Å². The van der Waals surface area contributed by atoms with Crippen LogP contribution in [0, 0.1) is 11.8 Å². The number of nitrogens with one attached hydrogen (secondary N) is 1. The van der Waals surface area contributed by atoms with Gasteiger partial charge < -0.3 is 10.1 Å². The maximum absolute atomic E-state index is 13.0. The van der Waals surface area contributed by atoms with Crippen LogP contribution in [0.3, 0.4) is 0 Å². The maximum atomic E-state index is 13.0. The van der Waals surface area contributed by atoms with Crippen LogP contribution in [0.2, 0.25) is 0 Å². The van der Waals surface area contributed by atoms with E-state index in [2.05, 4.69) is 34.7 Å². The summed E-state index contributed by atoms with van der Waals surface area (Å²) in [6.07, 6.45) is 3.16. The van der Waals surface area contributed by atoms with E-state index in [-0.39, 0.29) is 22.7 Å². The lowest BCUT2D eigenvalue weighted by Gasteiger charge is -2.34. The molecule has 0 saturated carbocycles. The highest BCUT2D eigenvalue weighted by Crippen LogP contribution is 2.27. The topological polar surface area (TPSA) is 119 Å². The summed E-state index contributed by atoms with van der Waals surface area (Å²) in [5.41, 5.74) is 0.541. The Balaban J connectivity index is 1.31. The molecule has 10 nitrogen and oxygen atoms in total. The smallest absolute Gasteiger partial charge is 0.243 e. The van der Waals surface area contributed by atoms with Gasteiger partial charge in [0.15, 0.2) is 0 Å². The Bertz CT molecular complexity index is 1040. The third kappa shape index (κ3) is 6.11.